The number of methoxy groups -OCH3 is 1. The van der Waals surface area contributed by atoms with E-state index in [9.17, 15) is 0 Å². The second kappa shape index (κ2) is 6.31. The average molecular weight is 257 g/mol. The van der Waals surface area contributed by atoms with Crippen LogP contribution in [0.5, 0.6) is 5.75 Å². The van der Waals surface area contributed by atoms with E-state index in [0.717, 1.165) is 23.4 Å². The van der Waals surface area contributed by atoms with Gasteiger partial charge in [-0.25, -0.2) is 0 Å². The fourth-order valence-electron chi connectivity index (χ4n) is 2.09. The van der Waals surface area contributed by atoms with Gasteiger partial charge in [-0.2, -0.15) is 0 Å². The molecule has 0 spiro atoms. The first-order valence-corrected chi connectivity index (χ1v) is 6.24. The fourth-order valence-corrected chi connectivity index (χ4v) is 2.09. The highest BCUT2D eigenvalue weighted by Gasteiger charge is 2.11. The summed E-state index contributed by atoms with van der Waals surface area (Å²) >= 11 is 0. The van der Waals surface area contributed by atoms with Gasteiger partial charge in [0.2, 0.25) is 0 Å². The van der Waals surface area contributed by atoms with E-state index in [-0.39, 0.29) is 6.04 Å². The van der Waals surface area contributed by atoms with Crippen molar-refractivity contribution < 1.29 is 4.74 Å². The molecule has 1 unspecified atom stereocenters. The zero-order valence-corrected chi connectivity index (χ0v) is 11.3. The monoisotopic (exact) mass is 257 g/mol. The van der Waals surface area contributed by atoms with Gasteiger partial charge in [0, 0.05) is 11.9 Å². The molecule has 1 heterocycles. The third-order valence-electron chi connectivity index (χ3n) is 3.10. The Labute approximate surface area is 113 Å². The molecule has 1 atom stereocenters. The number of hydrazine groups is 1. The fraction of sp³-hybridized carbons (Fsp3) is 0.267. The van der Waals surface area contributed by atoms with Crippen LogP contribution in [0.15, 0.2) is 42.6 Å². The lowest BCUT2D eigenvalue weighted by Gasteiger charge is -2.17. The lowest BCUT2D eigenvalue weighted by Crippen LogP contribution is -2.29. The molecule has 1 aromatic carbocycles. The van der Waals surface area contributed by atoms with E-state index >= 15 is 0 Å². The molecule has 0 aliphatic heterocycles. The Morgan fingerprint density at radius 2 is 2.16 bits per heavy atom. The minimum Gasteiger partial charge on any atom is -0.497 e. The van der Waals surface area contributed by atoms with Crippen LogP contribution in [-0.2, 0) is 6.42 Å². The summed E-state index contributed by atoms with van der Waals surface area (Å²) < 4.78 is 5.23. The summed E-state index contributed by atoms with van der Waals surface area (Å²) in [7, 11) is 1.67. The van der Waals surface area contributed by atoms with Crippen molar-refractivity contribution in [1.82, 2.24) is 10.4 Å². The van der Waals surface area contributed by atoms with Gasteiger partial charge in [-0.15, -0.1) is 0 Å². The van der Waals surface area contributed by atoms with E-state index in [2.05, 4.69) is 16.5 Å². The SMILES string of the molecule is COc1cccc(CC(NN)c2ccnc(C)c2)c1. The Balaban J connectivity index is 2.18. The number of ether oxygens (including phenoxy) is 1. The number of nitrogens with two attached hydrogens (primary N) is 1. The molecule has 0 fully saturated rings. The van der Waals surface area contributed by atoms with Crippen molar-refractivity contribution in [1.29, 1.82) is 0 Å². The molecule has 0 saturated carbocycles. The number of nitrogens with one attached hydrogen (secondary N) is 1. The van der Waals surface area contributed by atoms with Gasteiger partial charge in [-0.3, -0.25) is 16.3 Å². The lowest BCUT2D eigenvalue weighted by atomic mass is 9.99. The maximum atomic E-state index is 5.67. The van der Waals surface area contributed by atoms with Crippen molar-refractivity contribution in [3.8, 4) is 5.75 Å². The summed E-state index contributed by atoms with van der Waals surface area (Å²) in [6.07, 6.45) is 2.61. The van der Waals surface area contributed by atoms with Crippen LogP contribution in [0.3, 0.4) is 0 Å². The van der Waals surface area contributed by atoms with Gasteiger partial charge < -0.3 is 4.74 Å². The third-order valence-corrected chi connectivity index (χ3v) is 3.10. The van der Waals surface area contributed by atoms with E-state index in [1.165, 1.54) is 5.56 Å². The highest BCUT2D eigenvalue weighted by Crippen LogP contribution is 2.20. The first-order chi connectivity index (χ1) is 9.22. The molecule has 0 radical (unpaired) electrons. The van der Waals surface area contributed by atoms with Crippen LogP contribution >= 0.6 is 0 Å². The van der Waals surface area contributed by atoms with Crippen LogP contribution in [0.2, 0.25) is 0 Å². The predicted molar refractivity (Wildman–Crippen MR) is 75.7 cm³/mol. The van der Waals surface area contributed by atoms with Crippen LogP contribution in [0.1, 0.15) is 22.9 Å². The number of pyridine rings is 1. The normalized spacial score (nSPS) is 12.2. The van der Waals surface area contributed by atoms with Gasteiger partial charge in [-0.05, 0) is 48.7 Å². The first-order valence-electron chi connectivity index (χ1n) is 6.24. The van der Waals surface area contributed by atoms with E-state index < -0.39 is 0 Å². The average Bonchev–Trinajstić information content (AvgIpc) is 2.45. The van der Waals surface area contributed by atoms with Gasteiger partial charge in [0.05, 0.1) is 13.2 Å². The largest absolute Gasteiger partial charge is 0.497 e. The van der Waals surface area contributed by atoms with Gasteiger partial charge in [-0.1, -0.05) is 12.1 Å². The number of benzene rings is 1. The van der Waals surface area contributed by atoms with Crippen LogP contribution in [-0.4, -0.2) is 12.1 Å². The smallest absolute Gasteiger partial charge is 0.119 e. The Morgan fingerprint density at radius 1 is 1.32 bits per heavy atom. The molecule has 0 amide bonds. The van der Waals surface area contributed by atoms with Gasteiger partial charge in [0.1, 0.15) is 5.75 Å². The Bertz CT molecular complexity index is 542. The molecular formula is C15H19N3O. The zero-order valence-electron chi connectivity index (χ0n) is 11.3. The van der Waals surface area contributed by atoms with E-state index in [1.807, 2.05) is 37.3 Å². The Hall–Kier alpha value is -1.91. The predicted octanol–water partition coefficient (Wildman–Crippen LogP) is 2.15. The molecule has 4 heteroatoms. The highest BCUT2D eigenvalue weighted by atomic mass is 16.5. The third kappa shape index (κ3) is 3.53. The molecule has 1 aromatic heterocycles. The summed E-state index contributed by atoms with van der Waals surface area (Å²) in [6.45, 7) is 1.97. The molecule has 3 N–H and O–H groups in total. The maximum absolute atomic E-state index is 5.67. The number of aryl methyl sites for hydroxylation is 1. The van der Waals surface area contributed by atoms with Gasteiger partial charge in [0.25, 0.3) is 0 Å². The highest BCUT2D eigenvalue weighted by molar-refractivity contribution is 5.30. The Kier molecular flexibility index (Phi) is 4.49. The molecular weight excluding hydrogens is 238 g/mol. The minimum atomic E-state index is 0.0637. The minimum absolute atomic E-state index is 0.0637. The number of nitrogens with zero attached hydrogens (tertiary/aromatic N) is 1. The molecule has 0 saturated heterocycles. The topological polar surface area (TPSA) is 60.2 Å². The van der Waals surface area contributed by atoms with Gasteiger partial charge >= 0.3 is 0 Å². The number of hydrogen-bond donors (Lipinski definition) is 2. The van der Waals surface area contributed by atoms with E-state index in [1.54, 1.807) is 13.3 Å². The number of aromatic nitrogens is 1. The van der Waals surface area contributed by atoms with Crippen molar-refractivity contribution in [3.63, 3.8) is 0 Å². The van der Waals surface area contributed by atoms with Crippen molar-refractivity contribution >= 4 is 0 Å². The number of hydrogen-bond acceptors (Lipinski definition) is 4. The van der Waals surface area contributed by atoms with Crippen LogP contribution in [0.4, 0.5) is 0 Å². The van der Waals surface area contributed by atoms with Crippen molar-refractivity contribution in [2.75, 3.05) is 7.11 Å². The number of rotatable bonds is 5. The van der Waals surface area contributed by atoms with Crippen LogP contribution in [0.25, 0.3) is 0 Å². The standard InChI is InChI=1S/C15H19N3O/c1-11-8-13(6-7-17-11)15(18-16)10-12-4-3-5-14(9-12)19-2/h3-9,15,18H,10,16H2,1-2H3. The second-order valence-electron chi connectivity index (χ2n) is 4.51. The summed E-state index contributed by atoms with van der Waals surface area (Å²) in [6, 6.07) is 12.1. The van der Waals surface area contributed by atoms with Crippen LogP contribution in [0, 0.1) is 6.92 Å². The van der Waals surface area contributed by atoms with E-state index in [0.29, 0.717) is 0 Å². The molecule has 19 heavy (non-hydrogen) atoms. The maximum Gasteiger partial charge on any atom is 0.119 e. The van der Waals surface area contributed by atoms with Crippen molar-refractivity contribution in [2.45, 2.75) is 19.4 Å². The molecule has 100 valence electrons. The first kappa shape index (κ1) is 13.5. The second-order valence-corrected chi connectivity index (χ2v) is 4.51. The zero-order chi connectivity index (χ0) is 13.7. The Morgan fingerprint density at radius 3 is 2.84 bits per heavy atom. The van der Waals surface area contributed by atoms with E-state index in [4.69, 9.17) is 10.6 Å². The quantitative estimate of drug-likeness (QED) is 0.636. The van der Waals surface area contributed by atoms with Crippen molar-refractivity contribution in [2.24, 2.45) is 5.84 Å². The molecule has 0 aliphatic rings. The summed E-state index contributed by atoms with van der Waals surface area (Å²) in [5.41, 5.74) is 6.17. The molecule has 4 nitrogen and oxygen atoms in total. The molecule has 0 aliphatic carbocycles. The summed E-state index contributed by atoms with van der Waals surface area (Å²) in [4.78, 5) is 4.20. The van der Waals surface area contributed by atoms with Gasteiger partial charge in [0.15, 0.2) is 0 Å². The summed E-state index contributed by atoms with van der Waals surface area (Å²) in [5.74, 6) is 6.53. The molecule has 0 bridgehead atoms. The lowest BCUT2D eigenvalue weighted by molar-refractivity contribution is 0.414. The molecule has 2 aromatic rings. The molecule has 2 rings (SSSR count). The van der Waals surface area contributed by atoms with Crippen LogP contribution < -0.4 is 16.0 Å². The summed E-state index contributed by atoms with van der Waals surface area (Å²) in [5, 5.41) is 0. The van der Waals surface area contributed by atoms with Crippen molar-refractivity contribution in [3.05, 3.63) is 59.4 Å².